The van der Waals surface area contributed by atoms with E-state index in [0.717, 1.165) is 40.1 Å². The fraction of sp³-hybridized carbons (Fsp3) is 0.400. The van der Waals surface area contributed by atoms with Gasteiger partial charge in [-0.1, -0.05) is 0 Å². The topological polar surface area (TPSA) is 61.3 Å². The van der Waals surface area contributed by atoms with Crippen molar-refractivity contribution >= 4 is 0 Å². The molecule has 102 valence electrons. The molecule has 0 aliphatic carbocycles. The largest absolute Gasteiger partial charge is 0.496 e. The lowest BCUT2D eigenvalue weighted by molar-refractivity contribution is 0.408. The van der Waals surface area contributed by atoms with Crippen molar-refractivity contribution in [1.82, 2.24) is 4.98 Å². The van der Waals surface area contributed by atoms with Crippen LogP contribution in [-0.2, 0) is 6.42 Å². The van der Waals surface area contributed by atoms with Crippen molar-refractivity contribution in [1.29, 1.82) is 0 Å². The van der Waals surface area contributed by atoms with Crippen molar-refractivity contribution in [3.05, 3.63) is 34.7 Å². The molecule has 4 nitrogen and oxygen atoms in total. The molecule has 0 aliphatic rings. The molecular formula is C15H20N2O2. The highest BCUT2D eigenvalue weighted by Crippen LogP contribution is 2.33. The van der Waals surface area contributed by atoms with E-state index in [0.29, 0.717) is 12.4 Å². The SMILES string of the molecule is COc1c(C)cc(-c2nc(CCN)co2)c(C)c1C. The highest BCUT2D eigenvalue weighted by Gasteiger charge is 2.15. The molecule has 0 aliphatic heterocycles. The third kappa shape index (κ3) is 2.49. The molecule has 1 heterocycles. The molecule has 0 atom stereocenters. The standard InChI is InChI=1S/C15H20N2O2/c1-9-7-13(10(2)11(3)14(9)18-4)15-17-12(5-6-16)8-19-15/h7-8H,5-6,16H2,1-4H3. The second kappa shape index (κ2) is 5.45. The van der Waals surface area contributed by atoms with Crippen LogP contribution in [0.25, 0.3) is 11.5 Å². The molecule has 0 spiro atoms. The van der Waals surface area contributed by atoms with E-state index in [-0.39, 0.29) is 0 Å². The number of hydrogen-bond donors (Lipinski definition) is 1. The summed E-state index contributed by atoms with van der Waals surface area (Å²) in [6.45, 7) is 6.71. The van der Waals surface area contributed by atoms with Crippen LogP contribution in [0, 0.1) is 20.8 Å². The Kier molecular flexibility index (Phi) is 3.90. The first-order valence-corrected chi connectivity index (χ1v) is 6.38. The number of ether oxygens (including phenoxy) is 1. The number of oxazole rings is 1. The van der Waals surface area contributed by atoms with Crippen molar-refractivity contribution in [3.8, 4) is 17.2 Å². The van der Waals surface area contributed by atoms with E-state index in [4.69, 9.17) is 14.9 Å². The number of aromatic nitrogens is 1. The Morgan fingerprint density at radius 2 is 2.00 bits per heavy atom. The van der Waals surface area contributed by atoms with E-state index in [1.54, 1.807) is 13.4 Å². The lowest BCUT2D eigenvalue weighted by atomic mass is 9.98. The van der Waals surface area contributed by atoms with Crippen molar-refractivity contribution in [2.75, 3.05) is 13.7 Å². The van der Waals surface area contributed by atoms with E-state index in [9.17, 15) is 0 Å². The Labute approximate surface area is 113 Å². The molecule has 0 fully saturated rings. The average Bonchev–Trinajstić information content (AvgIpc) is 2.83. The molecule has 2 rings (SSSR count). The number of rotatable bonds is 4. The Morgan fingerprint density at radius 3 is 2.63 bits per heavy atom. The number of aryl methyl sites for hydroxylation is 1. The summed E-state index contributed by atoms with van der Waals surface area (Å²) in [5.74, 6) is 1.57. The van der Waals surface area contributed by atoms with Gasteiger partial charge < -0.3 is 14.9 Å². The molecule has 1 aromatic carbocycles. The van der Waals surface area contributed by atoms with Gasteiger partial charge in [-0.2, -0.15) is 0 Å². The van der Waals surface area contributed by atoms with Gasteiger partial charge in [0.1, 0.15) is 12.0 Å². The summed E-state index contributed by atoms with van der Waals surface area (Å²) in [7, 11) is 1.69. The minimum atomic E-state index is 0.575. The van der Waals surface area contributed by atoms with Gasteiger partial charge in [-0.05, 0) is 50.1 Å². The van der Waals surface area contributed by atoms with Crippen molar-refractivity contribution in [2.24, 2.45) is 5.73 Å². The van der Waals surface area contributed by atoms with Gasteiger partial charge in [-0.3, -0.25) is 0 Å². The summed E-state index contributed by atoms with van der Waals surface area (Å²) in [5, 5.41) is 0. The summed E-state index contributed by atoms with van der Waals surface area (Å²) in [6.07, 6.45) is 2.41. The normalized spacial score (nSPS) is 10.8. The smallest absolute Gasteiger partial charge is 0.226 e. The molecule has 19 heavy (non-hydrogen) atoms. The molecular weight excluding hydrogens is 240 g/mol. The molecule has 0 unspecified atom stereocenters. The first kappa shape index (κ1) is 13.6. The molecule has 0 saturated carbocycles. The van der Waals surface area contributed by atoms with Crippen LogP contribution >= 0.6 is 0 Å². The van der Waals surface area contributed by atoms with Crippen LogP contribution in [0.3, 0.4) is 0 Å². The predicted octanol–water partition coefficient (Wildman–Crippen LogP) is 2.78. The van der Waals surface area contributed by atoms with Gasteiger partial charge >= 0.3 is 0 Å². The molecule has 0 bridgehead atoms. The monoisotopic (exact) mass is 260 g/mol. The Morgan fingerprint density at radius 1 is 1.26 bits per heavy atom. The minimum Gasteiger partial charge on any atom is -0.496 e. The second-order valence-corrected chi connectivity index (χ2v) is 4.71. The molecule has 1 aromatic heterocycles. The fourth-order valence-corrected chi connectivity index (χ4v) is 2.29. The van der Waals surface area contributed by atoms with Crippen LogP contribution in [0.1, 0.15) is 22.4 Å². The van der Waals surface area contributed by atoms with Crippen molar-refractivity contribution in [2.45, 2.75) is 27.2 Å². The second-order valence-electron chi connectivity index (χ2n) is 4.71. The summed E-state index contributed by atoms with van der Waals surface area (Å²) in [6, 6.07) is 2.05. The zero-order chi connectivity index (χ0) is 14.0. The van der Waals surface area contributed by atoms with Gasteiger partial charge in [-0.25, -0.2) is 4.98 Å². The first-order chi connectivity index (χ1) is 9.08. The molecule has 2 N–H and O–H groups in total. The van der Waals surface area contributed by atoms with E-state index >= 15 is 0 Å². The van der Waals surface area contributed by atoms with Gasteiger partial charge in [0.15, 0.2) is 0 Å². The summed E-state index contributed by atoms with van der Waals surface area (Å²) >= 11 is 0. The molecule has 0 saturated heterocycles. The summed E-state index contributed by atoms with van der Waals surface area (Å²) in [5.41, 5.74) is 10.8. The lowest BCUT2D eigenvalue weighted by Gasteiger charge is -2.13. The number of nitrogens with two attached hydrogens (primary N) is 1. The predicted molar refractivity (Wildman–Crippen MR) is 75.5 cm³/mol. The van der Waals surface area contributed by atoms with Crippen molar-refractivity contribution < 1.29 is 9.15 Å². The van der Waals surface area contributed by atoms with E-state index in [1.807, 2.05) is 6.92 Å². The Hall–Kier alpha value is -1.81. The maximum absolute atomic E-state index is 5.56. The highest BCUT2D eigenvalue weighted by molar-refractivity contribution is 5.65. The zero-order valence-corrected chi connectivity index (χ0v) is 11.9. The maximum atomic E-state index is 5.56. The van der Waals surface area contributed by atoms with Crippen LogP contribution in [0.4, 0.5) is 0 Å². The van der Waals surface area contributed by atoms with Crippen molar-refractivity contribution in [3.63, 3.8) is 0 Å². The van der Waals surface area contributed by atoms with Crippen LogP contribution in [0.5, 0.6) is 5.75 Å². The maximum Gasteiger partial charge on any atom is 0.226 e. The van der Waals surface area contributed by atoms with Gasteiger partial charge in [0.25, 0.3) is 0 Å². The third-order valence-corrected chi connectivity index (χ3v) is 3.41. The van der Waals surface area contributed by atoms with Gasteiger partial charge in [-0.15, -0.1) is 0 Å². The zero-order valence-electron chi connectivity index (χ0n) is 11.9. The van der Waals surface area contributed by atoms with Crippen LogP contribution in [0.15, 0.2) is 16.7 Å². The highest BCUT2D eigenvalue weighted by atomic mass is 16.5. The summed E-state index contributed by atoms with van der Waals surface area (Å²) < 4.78 is 11.0. The molecule has 2 aromatic rings. The Balaban J connectivity index is 2.50. The molecule has 4 heteroatoms. The minimum absolute atomic E-state index is 0.575. The quantitative estimate of drug-likeness (QED) is 0.918. The Bertz CT molecular complexity index is 588. The average molecular weight is 260 g/mol. The van der Waals surface area contributed by atoms with Crippen LogP contribution in [-0.4, -0.2) is 18.6 Å². The number of methoxy groups -OCH3 is 1. The van der Waals surface area contributed by atoms with Gasteiger partial charge in [0.05, 0.1) is 12.8 Å². The van der Waals surface area contributed by atoms with Crippen LogP contribution < -0.4 is 10.5 Å². The van der Waals surface area contributed by atoms with E-state index in [1.165, 1.54) is 0 Å². The number of hydrogen-bond acceptors (Lipinski definition) is 4. The van der Waals surface area contributed by atoms with E-state index < -0.39 is 0 Å². The first-order valence-electron chi connectivity index (χ1n) is 6.38. The van der Waals surface area contributed by atoms with Gasteiger partial charge in [0.2, 0.25) is 5.89 Å². The summed E-state index contributed by atoms with van der Waals surface area (Å²) in [4.78, 5) is 4.48. The lowest BCUT2D eigenvalue weighted by Crippen LogP contribution is -2.02. The van der Waals surface area contributed by atoms with E-state index in [2.05, 4.69) is 24.9 Å². The molecule has 0 amide bonds. The molecule has 0 radical (unpaired) electrons. The number of benzene rings is 1. The fourth-order valence-electron chi connectivity index (χ4n) is 2.29. The van der Waals surface area contributed by atoms with Crippen LogP contribution in [0.2, 0.25) is 0 Å². The third-order valence-electron chi connectivity index (χ3n) is 3.41. The number of nitrogens with zero attached hydrogens (tertiary/aromatic N) is 1. The van der Waals surface area contributed by atoms with Gasteiger partial charge in [0, 0.05) is 12.0 Å².